The highest BCUT2D eigenvalue weighted by Gasteiger charge is 2.18. The molecule has 6 heteroatoms. The number of rotatable bonds is 7. The van der Waals surface area contributed by atoms with Crippen molar-refractivity contribution in [3.63, 3.8) is 0 Å². The van der Waals surface area contributed by atoms with Crippen LogP contribution < -0.4 is 9.46 Å². The molecule has 0 saturated carbocycles. The molecule has 5 nitrogen and oxygen atoms in total. The van der Waals surface area contributed by atoms with Crippen molar-refractivity contribution < 1.29 is 13.2 Å². The molecule has 0 spiro atoms. The first-order valence-corrected chi connectivity index (χ1v) is 10.6. The Hall–Kier alpha value is -2.86. The minimum absolute atomic E-state index is 0.151. The third-order valence-corrected chi connectivity index (χ3v) is 5.88. The maximum atomic E-state index is 12.8. The van der Waals surface area contributed by atoms with Gasteiger partial charge in [0, 0.05) is 18.1 Å². The Morgan fingerprint density at radius 1 is 0.964 bits per heavy atom. The van der Waals surface area contributed by atoms with E-state index in [4.69, 9.17) is 4.74 Å². The second-order valence-electron chi connectivity index (χ2n) is 6.89. The van der Waals surface area contributed by atoms with Crippen LogP contribution in [0.5, 0.6) is 5.75 Å². The fourth-order valence-electron chi connectivity index (χ4n) is 2.97. The molecule has 28 heavy (non-hydrogen) atoms. The van der Waals surface area contributed by atoms with Crippen LogP contribution in [0, 0.1) is 0 Å². The van der Waals surface area contributed by atoms with Crippen molar-refractivity contribution >= 4 is 15.7 Å². The third kappa shape index (κ3) is 4.70. The maximum absolute atomic E-state index is 12.8. The fourth-order valence-corrected chi connectivity index (χ4v) is 4.07. The number of methoxy groups -OCH3 is 1. The molecular formula is C22H24N2O3S. The van der Waals surface area contributed by atoms with Crippen molar-refractivity contribution in [3.05, 3.63) is 83.7 Å². The smallest absolute Gasteiger partial charge is 0.261 e. The first-order valence-electron chi connectivity index (χ1n) is 9.07. The zero-order valence-corrected chi connectivity index (χ0v) is 17.0. The largest absolute Gasteiger partial charge is 0.496 e. The van der Waals surface area contributed by atoms with Gasteiger partial charge < -0.3 is 4.74 Å². The quantitative estimate of drug-likeness (QED) is 0.633. The van der Waals surface area contributed by atoms with Gasteiger partial charge in [0.25, 0.3) is 10.0 Å². The molecule has 0 radical (unpaired) electrons. The Kier molecular flexibility index (Phi) is 5.99. The van der Waals surface area contributed by atoms with E-state index in [9.17, 15) is 8.42 Å². The van der Waals surface area contributed by atoms with Gasteiger partial charge in [-0.15, -0.1) is 0 Å². The van der Waals surface area contributed by atoms with Gasteiger partial charge in [-0.1, -0.05) is 26.0 Å². The van der Waals surface area contributed by atoms with Gasteiger partial charge in [0.05, 0.1) is 12.0 Å². The molecule has 3 rings (SSSR count). The molecule has 1 heterocycles. The Morgan fingerprint density at radius 2 is 1.61 bits per heavy atom. The molecule has 0 unspecified atom stereocenters. The van der Waals surface area contributed by atoms with Crippen LogP contribution in [-0.2, 0) is 16.4 Å². The molecule has 1 aromatic heterocycles. The first-order chi connectivity index (χ1) is 13.4. The van der Waals surface area contributed by atoms with Crippen LogP contribution in [0.3, 0.4) is 0 Å². The van der Waals surface area contributed by atoms with Crippen molar-refractivity contribution in [1.82, 2.24) is 4.98 Å². The van der Waals surface area contributed by atoms with Crippen molar-refractivity contribution in [2.45, 2.75) is 31.1 Å². The van der Waals surface area contributed by atoms with E-state index in [0.29, 0.717) is 11.4 Å². The van der Waals surface area contributed by atoms with Crippen LogP contribution >= 0.6 is 0 Å². The first kappa shape index (κ1) is 19.9. The summed E-state index contributed by atoms with van der Waals surface area (Å²) >= 11 is 0. The monoisotopic (exact) mass is 396 g/mol. The number of anilines is 1. The lowest BCUT2D eigenvalue weighted by Gasteiger charge is -2.14. The normalized spacial score (nSPS) is 11.4. The molecule has 3 aromatic rings. The molecule has 146 valence electrons. The standard InChI is InChI=1S/C22H24N2O3S/c1-16(2)21-15-20(8-9-22(21)27-3)28(25,26)24-19-6-4-17(5-7-19)14-18-10-12-23-13-11-18/h4-13,15-16,24H,14H2,1-3H3. The predicted octanol–water partition coefficient (Wildman–Crippen LogP) is 4.61. The van der Waals surface area contributed by atoms with Crippen molar-refractivity contribution in [2.75, 3.05) is 11.8 Å². The Bertz CT molecular complexity index is 1030. The molecule has 0 bridgehead atoms. The molecule has 0 amide bonds. The second-order valence-corrected chi connectivity index (χ2v) is 8.58. The lowest BCUT2D eigenvalue weighted by molar-refractivity contribution is 0.407. The van der Waals surface area contributed by atoms with E-state index in [-0.39, 0.29) is 10.8 Å². The van der Waals surface area contributed by atoms with Crippen LogP contribution in [0.4, 0.5) is 5.69 Å². The highest BCUT2D eigenvalue weighted by molar-refractivity contribution is 7.92. The molecule has 0 aliphatic heterocycles. The van der Waals surface area contributed by atoms with E-state index >= 15 is 0 Å². The number of hydrogen-bond donors (Lipinski definition) is 1. The maximum Gasteiger partial charge on any atom is 0.261 e. The highest BCUT2D eigenvalue weighted by Crippen LogP contribution is 2.29. The molecule has 1 N–H and O–H groups in total. The Morgan fingerprint density at radius 3 is 2.21 bits per heavy atom. The summed E-state index contributed by atoms with van der Waals surface area (Å²) in [6.45, 7) is 4.01. The Balaban J connectivity index is 1.78. The summed E-state index contributed by atoms with van der Waals surface area (Å²) in [5.41, 5.74) is 3.64. The van der Waals surface area contributed by atoms with Crippen LogP contribution in [-0.4, -0.2) is 20.5 Å². The van der Waals surface area contributed by atoms with E-state index in [1.54, 1.807) is 49.8 Å². The SMILES string of the molecule is COc1ccc(S(=O)(=O)Nc2ccc(Cc3ccncc3)cc2)cc1C(C)C. The molecule has 0 aliphatic rings. The number of aromatic nitrogens is 1. The summed E-state index contributed by atoms with van der Waals surface area (Å²) in [5.74, 6) is 0.840. The van der Waals surface area contributed by atoms with Crippen molar-refractivity contribution in [3.8, 4) is 5.75 Å². The van der Waals surface area contributed by atoms with E-state index in [1.165, 1.54) is 0 Å². The van der Waals surface area contributed by atoms with Crippen molar-refractivity contribution in [2.24, 2.45) is 0 Å². The van der Waals surface area contributed by atoms with Gasteiger partial charge in [-0.05, 0) is 71.5 Å². The van der Waals surface area contributed by atoms with Gasteiger partial charge in [-0.25, -0.2) is 8.42 Å². The number of nitrogens with one attached hydrogen (secondary N) is 1. The Labute approximate surface area is 166 Å². The van der Waals surface area contributed by atoms with Gasteiger partial charge in [0.2, 0.25) is 0 Å². The van der Waals surface area contributed by atoms with Gasteiger partial charge in [0.15, 0.2) is 0 Å². The number of nitrogens with zero attached hydrogens (tertiary/aromatic N) is 1. The fraction of sp³-hybridized carbons (Fsp3) is 0.227. The average molecular weight is 397 g/mol. The molecule has 0 aliphatic carbocycles. The number of benzene rings is 2. The van der Waals surface area contributed by atoms with Gasteiger partial charge in [-0.2, -0.15) is 0 Å². The number of hydrogen-bond acceptors (Lipinski definition) is 4. The zero-order valence-electron chi connectivity index (χ0n) is 16.2. The topological polar surface area (TPSA) is 68.3 Å². The zero-order chi connectivity index (χ0) is 20.1. The molecular weight excluding hydrogens is 372 g/mol. The van der Waals surface area contributed by atoms with Crippen molar-refractivity contribution in [1.29, 1.82) is 0 Å². The molecule has 0 atom stereocenters. The van der Waals surface area contributed by atoms with E-state index in [0.717, 1.165) is 23.1 Å². The average Bonchev–Trinajstić information content (AvgIpc) is 2.69. The van der Waals surface area contributed by atoms with Gasteiger partial charge in [0.1, 0.15) is 5.75 Å². The lowest BCUT2D eigenvalue weighted by atomic mass is 10.0. The third-order valence-electron chi connectivity index (χ3n) is 4.50. The van der Waals surface area contributed by atoms with E-state index in [2.05, 4.69) is 9.71 Å². The summed E-state index contributed by atoms with van der Waals surface area (Å²) in [7, 11) is -2.10. The van der Waals surface area contributed by atoms with Crippen LogP contribution in [0.1, 0.15) is 36.5 Å². The summed E-state index contributed by atoms with van der Waals surface area (Å²) in [4.78, 5) is 4.23. The molecule has 2 aromatic carbocycles. The van der Waals surface area contributed by atoms with Crippen LogP contribution in [0.25, 0.3) is 0 Å². The van der Waals surface area contributed by atoms with Crippen LogP contribution in [0.2, 0.25) is 0 Å². The number of sulfonamides is 1. The summed E-state index contributed by atoms with van der Waals surface area (Å²) in [5, 5.41) is 0. The summed E-state index contributed by atoms with van der Waals surface area (Å²) in [6, 6.07) is 16.3. The van der Waals surface area contributed by atoms with Gasteiger partial charge >= 0.3 is 0 Å². The predicted molar refractivity (Wildman–Crippen MR) is 111 cm³/mol. The summed E-state index contributed by atoms with van der Waals surface area (Å²) < 4.78 is 33.6. The number of ether oxygens (including phenoxy) is 1. The highest BCUT2D eigenvalue weighted by atomic mass is 32.2. The lowest BCUT2D eigenvalue weighted by Crippen LogP contribution is -2.13. The summed E-state index contributed by atoms with van der Waals surface area (Å²) in [6.07, 6.45) is 4.29. The molecule has 0 fully saturated rings. The van der Waals surface area contributed by atoms with Gasteiger partial charge in [-0.3, -0.25) is 9.71 Å². The second kappa shape index (κ2) is 8.44. The number of pyridine rings is 1. The molecule has 0 saturated heterocycles. The minimum Gasteiger partial charge on any atom is -0.496 e. The van der Waals surface area contributed by atoms with Crippen LogP contribution in [0.15, 0.2) is 71.9 Å². The minimum atomic E-state index is -3.68. The van der Waals surface area contributed by atoms with E-state index in [1.807, 2.05) is 38.1 Å². The van der Waals surface area contributed by atoms with E-state index < -0.39 is 10.0 Å².